The van der Waals surface area contributed by atoms with Crippen molar-refractivity contribution in [1.29, 1.82) is 0 Å². The van der Waals surface area contributed by atoms with Gasteiger partial charge in [-0.3, -0.25) is 10.1 Å². The molecule has 120 valence electrons. The van der Waals surface area contributed by atoms with E-state index in [2.05, 4.69) is 17.6 Å². The fraction of sp³-hybridized carbons (Fsp3) is 0.176. The summed E-state index contributed by atoms with van der Waals surface area (Å²) in [5.41, 5.74) is 1.22. The van der Waals surface area contributed by atoms with Gasteiger partial charge in [-0.15, -0.1) is 0 Å². The third-order valence-electron chi connectivity index (χ3n) is 2.90. The molecule has 4 nitrogen and oxygen atoms in total. The molecular formula is C17H17ClN2O2S. The summed E-state index contributed by atoms with van der Waals surface area (Å²) in [6.45, 7) is 2.73. The normalized spacial score (nSPS) is 10.0. The van der Waals surface area contributed by atoms with Gasteiger partial charge in [0.05, 0.1) is 6.61 Å². The monoisotopic (exact) mass is 348 g/mol. The van der Waals surface area contributed by atoms with E-state index in [1.165, 1.54) is 0 Å². The van der Waals surface area contributed by atoms with Crippen molar-refractivity contribution < 1.29 is 9.53 Å². The highest BCUT2D eigenvalue weighted by molar-refractivity contribution is 7.80. The molecule has 0 saturated carbocycles. The fourth-order valence-corrected chi connectivity index (χ4v) is 2.22. The second-order valence-corrected chi connectivity index (χ2v) is 5.64. The minimum absolute atomic E-state index is 0.220. The van der Waals surface area contributed by atoms with Crippen molar-refractivity contribution >= 4 is 40.5 Å². The fourth-order valence-electron chi connectivity index (χ4n) is 1.82. The average molecular weight is 349 g/mol. The molecule has 0 aliphatic heterocycles. The molecule has 0 saturated heterocycles. The van der Waals surface area contributed by atoms with Gasteiger partial charge in [0.25, 0.3) is 5.91 Å². The Balaban J connectivity index is 1.90. The molecule has 0 fully saturated rings. The predicted molar refractivity (Wildman–Crippen MR) is 97.4 cm³/mol. The van der Waals surface area contributed by atoms with Gasteiger partial charge >= 0.3 is 0 Å². The molecule has 2 aromatic carbocycles. The molecule has 0 spiro atoms. The van der Waals surface area contributed by atoms with E-state index in [0.29, 0.717) is 17.2 Å². The van der Waals surface area contributed by atoms with Crippen molar-refractivity contribution in [3.8, 4) is 5.75 Å². The Morgan fingerprint density at radius 2 is 1.96 bits per heavy atom. The van der Waals surface area contributed by atoms with E-state index in [0.717, 1.165) is 17.9 Å². The van der Waals surface area contributed by atoms with Gasteiger partial charge in [-0.25, -0.2) is 0 Å². The summed E-state index contributed by atoms with van der Waals surface area (Å²) in [4.78, 5) is 12.1. The van der Waals surface area contributed by atoms with Crippen molar-refractivity contribution in [2.45, 2.75) is 13.3 Å². The molecule has 0 radical (unpaired) electrons. The number of amides is 1. The number of hydrogen-bond acceptors (Lipinski definition) is 3. The maximum absolute atomic E-state index is 12.1. The molecule has 0 unspecified atom stereocenters. The SMILES string of the molecule is CCCOc1ccc(NC(=S)NC(=O)c2cccc(Cl)c2)cc1. The molecular weight excluding hydrogens is 332 g/mol. The van der Waals surface area contributed by atoms with Crippen LogP contribution in [0.15, 0.2) is 48.5 Å². The van der Waals surface area contributed by atoms with Crippen molar-refractivity contribution in [3.63, 3.8) is 0 Å². The highest BCUT2D eigenvalue weighted by atomic mass is 35.5. The lowest BCUT2D eigenvalue weighted by Gasteiger charge is -2.10. The van der Waals surface area contributed by atoms with Gasteiger partial charge in [0, 0.05) is 16.3 Å². The highest BCUT2D eigenvalue weighted by Gasteiger charge is 2.08. The predicted octanol–water partition coefficient (Wildman–Crippen LogP) is 4.26. The first-order valence-electron chi connectivity index (χ1n) is 7.19. The summed E-state index contributed by atoms with van der Waals surface area (Å²) >= 11 is 11.0. The molecule has 2 aromatic rings. The lowest BCUT2D eigenvalue weighted by molar-refractivity contribution is 0.0977. The van der Waals surface area contributed by atoms with Crippen LogP contribution in [0.25, 0.3) is 0 Å². The number of carbonyl (C=O) groups is 1. The minimum Gasteiger partial charge on any atom is -0.494 e. The van der Waals surface area contributed by atoms with Gasteiger partial charge in [-0.1, -0.05) is 24.6 Å². The van der Waals surface area contributed by atoms with Crippen LogP contribution in [-0.4, -0.2) is 17.6 Å². The second kappa shape index (κ2) is 8.50. The first-order valence-corrected chi connectivity index (χ1v) is 7.98. The standard InChI is InChI=1S/C17H17ClN2O2S/c1-2-10-22-15-8-6-14(7-9-15)19-17(23)20-16(21)12-4-3-5-13(18)11-12/h3-9,11H,2,10H2,1H3,(H2,19,20,21,23). The molecule has 23 heavy (non-hydrogen) atoms. The number of rotatable bonds is 5. The summed E-state index contributed by atoms with van der Waals surface area (Å²) in [6, 6.07) is 14.0. The van der Waals surface area contributed by atoms with Crippen molar-refractivity contribution in [3.05, 3.63) is 59.1 Å². The Labute approximate surface area is 145 Å². The van der Waals surface area contributed by atoms with Crippen LogP contribution in [0.2, 0.25) is 5.02 Å². The quantitative estimate of drug-likeness (QED) is 0.793. The van der Waals surface area contributed by atoms with Crippen LogP contribution in [0, 0.1) is 0 Å². The number of halogens is 1. The van der Waals surface area contributed by atoms with Crippen molar-refractivity contribution in [2.24, 2.45) is 0 Å². The average Bonchev–Trinajstić information content (AvgIpc) is 2.54. The van der Waals surface area contributed by atoms with Gasteiger partial charge in [-0.05, 0) is 61.1 Å². The molecule has 0 atom stereocenters. The van der Waals surface area contributed by atoms with E-state index in [1.807, 2.05) is 24.3 Å². The summed E-state index contributed by atoms with van der Waals surface area (Å²) in [7, 11) is 0. The van der Waals surface area contributed by atoms with Crippen LogP contribution in [0.1, 0.15) is 23.7 Å². The van der Waals surface area contributed by atoms with Crippen LogP contribution in [0.4, 0.5) is 5.69 Å². The zero-order valence-corrected chi connectivity index (χ0v) is 14.2. The first kappa shape index (κ1) is 17.2. The number of anilines is 1. The Morgan fingerprint density at radius 1 is 1.22 bits per heavy atom. The molecule has 0 heterocycles. The molecule has 1 amide bonds. The molecule has 6 heteroatoms. The van der Waals surface area contributed by atoms with Gasteiger partial charge in [-0.2, -0.15) is 0 Å². The molecule has 2 N–H and O–H groups in total. The minimum atomic E-state index is -0.312. The Hall–Kier alpha value is -2.11. The summed E-state index contributed by atoms with van der Waals surface area (Å²) in [6.07, 6.45) is 0.958. The Bertz CT molecular complexity index is 689. The number of carbonyl (C=O) groups excluding carboxylic acids is 1. The number of thiocarbonyl (C=S) groups is 1. The van der Waals surface area contributed by atoms with Crippen molar-refractivity contribution in [2.75, 3.05) is 11.9 Å². The van der Waals surface area contributed by atoms with Gasteiger partial charge in [0.2, 0.25) is 0 Å². The maximum atomic E-state index is 12.1. The first-order chi connectivity index (χ1) is 11.1. The highest BCUT2D eigenvalue weighted by Crippen LogP contribution is 2.16. The van der Waals surface area contributed by atoms with Crippen LogP contribution in [-0.2, 0) is 0 Å². The maximum Gasteiger partial charge on any atom is 0.257 e. The molecule has 2 rings (SSSR count). The largest absolute Gasteiger partial charge is 0.494 e. The number of hydrogen-bond donors (Lipinski definition) is 2. The van der Waals surface area contributed by atoms with Gasteiger partial charge in [0.15, 0.2) is 5.11 Å². The van der Waals surface area contributed by atoms with Crippen LogP contribution >= 0.6 is 23.8 Å². The summed E-state index contributed by atoms with van der Waals surface area (Å²) < 4.78 is 5.51. The van der Waals surface area contributed by atoms with Crippen molar-refractivity contribution in [1.82, 2.24) is 5.32 Å². The van der Waals surface area contributed by atoms with E-state index < -0.39 is 0 Å². The van der Waals surface area contributed by atoms with Crippen LogP contribution in [0.3, 0.4) is 0 Å². The molecule has 0 aliphatic carbocycles. The molecule has 0 bridgehead atoms. The number of benzene rings is 2. The smallest absolute Gasteiger partial charge is 0.257 e. The van der Waals surface area contributed by atoms with E-state index in [4.69, 9.17) is 28.6 Å². The third-order valence-corrected chi connectivity index (χ3v) is 3.34. The topological polar surface area (TPSA) is 50.4 Å². The van der Waals surface area contributed by atoms with Gasteiger partial charge < -0.3 is 10.1 Å². The van der Waals surface area contributed by atoms with E-state index in [-0.39, 0.29) is 11.0 Å². The van der Waals surface area contributed by atoms with E-state index in [9.17, 15) is 4.79 Å². The zero-order valence-electron chi connectivity index (χ0n) is 12.6. The number of nitrogens with one attached hydrogen (secondary N) is 2. The summed E-state index contributed by atoms with van der Waals surface area (Å²) in [5, 5.41) is 6.28. The zero-order chi connectivity index (χ0) is 16.7. The summed E-state index contributed by atoms with van der Waals surface area (Å²) in [5.74, 6) is 0.485. The third kappa shape index (κ3) is 5.54. The second-order valence-electron chi connectivity index (χ2n) is 4.79. The lowest BCUT2D eigenvalue weighted by Crippen LogP contribution is -2.34. The Morgan fingerprint density at radius 3 is 2.61 bits per heavy atom. The van der Waals surface area contributed by atoms with Crippen LogP contribution < -0.4 is 15.4 Å². The Kier molecular flexibility index (Phi) is 6.38. The molecule has 0 aromatic heterocycles. The van der Waals surface area contributed by atoms with Gasteiger partial charge in [0.1, 0.15) is 5.75 Å². The van der Waals surface area contributed by atoms with Crippen LogP contribution in [0.5, 0.6) is 5.75 Å². The lowest BCUT2D eigenvalue weighted by atomic mass is 10.2. The molecule has 0 aliphatic rings. The van der Waals surface area contributed by atoms with E-state index >= 15 is 0 Å². The van der Waals surface area contributed by atoms with E-state index in [1.54, 1.807) is 24.3 Å². The number of ether oxygens (including phenoxy) is 1.